The van der Waals surface area contributed by atoms with Crippen LogP contribution in [0.3, 0.4) is 0 Å². The number of halogens is 1. The normalized spacial score (nSPS) is 10.4. The molecule has 2 N–H and O–H groups in total. The highest BCUT2D eigenvalue weighted by Gasteiger charge is 2.14. The van der Waals surface area contributed by atoms with Gasteiger partial charge in [-0.25, -0.2) is 0 Å². The molecule has 0 aliphatic carbocycles. The first-order valence-corrected chi connectivity index (χ1v) is 9.37. The van der Waals surface area contributed by atoms with Crippen molar-refractivity contribution in [2.75, 3.05) is 13.7 Å². The van der Waals surface area contributed by atoms with Crippen molar-refractivity contribution in [1.82, 2.24) is 10.9 Å². The topological polar surface area (TPSA) is 76.7 Å². The summed E-state index contributed by atoms with van der Waals surface area (Å²) >= 11 is 3.30. The number of nitrogens with one attached hydrogen (secondary N) is 2. The molecule has 0 radical (unpaired) electrons. The van der Waals surface area contributed by atoms with Crippen LogP contribution in [0.25, 0.3) is 0 Å². The van der Waals surface area contributed by atoms with Crippen LogP contribution in [0.2, 0.25) is 0 Å². The van der Waals surface area contributed by atoms with Crippen LogP contribution in [0.1, 0.15) is 41.0 Å². The van der Waals surface area contributed by atoms with E-state index in [0.717, 1.165) is 6.42 Å². The fourth-order valence-electron chi connectivity index (χ4n) is 2.23. The molecule has 144 valence electrons. The Balaban J connectivity index is 1.99. The minimum Gasteiger partial charge on any atom is -0.493 e. The Labute approximate surface area is 167 Å². The molecule has 0 atom stereocenters. The lowest BCUT2D eigenvalue weighted by molar-refractivity contribution is 0.0846. The van der Waals surface area contributed by atoms with E-state index in [9.17, 15) is 9.59 Å². The molecule has 2 aromatic carbocycles. The Hall–Kier alpha value is -2.54. The van der Waals surface area contributed by atoms with Crippen molar-refractivity contribution in [3.63, 3.8) is 0 Å². The van der Waals surface area contributed by atoms with Crippen LogP contribution in [0.4, 0.5) is 0 Å². The predicted molar refractivity (Wildman–Crippen MR) is 107 cm³/mol. The zero-order valence-electron chi connectivity index (χ0n) is 15.5. The molecule has 0 aliphatic rings. The second-order valence-corrected chi connectivity index (χ2v) is 7.14. The number of rotatable bonds is 7. The number of hydrazine groups is 1. The first kappa shape index (κ1) is 20.8. The number of carbonyl (C=O) groups is 2. The largest absolute Gasteiger partial charge is 0.493 e. The monoisotopic (exact) mass is 434 g/mol. The molecule has 0 saturated carbocycles. The zero-order valence-corrected chi connectivity index (χ0v) is 17.1. The molecule has 0 unspecified atom stereocenters. The van der Waals surface area contributed by atoms with Gasteiger partial charge in [-0.1, -0.05) is 26.0 Å². The van der Waals surface area contributed by atoms with Crippen LogP contribution in [0.15, 0.2) is 46.9 Å². The number of benzene rings is 2. The number of methoxy groups -OCH3 is 1. The smallest absolute Gasteiger partial charge is 0.270 e. The first-order chi connectivity index (χ1) is 12.9. The standard InChI is InChI=1S/C20H23BrN2O4/c1-13(2)10-11-27-17-9-8-14(12-18(17)26-3)19(24)22-23-20(25)15-6-4-5-7-16(15)21/h4-9,12-13H,10-11H2,1-3H3,(H,22,24)(H,23,25). The highest BCUT2D eigenvalue weighted by atomic mass is 79.9. The van der Waals surface area contributed by atoms with E-state index in [1.807, 2.05) is 0 Å². The summed E-state index contributed by atoms with van der Waals surface area (Å²) in [6.45, 7) is 4.81. The fourth-order valence-corrected chi connectivity index (χ4v) is 2.70. The summed E-state index contributed by atoms with van der Waals surface area (Å²) in [5, 5.41) is 0. The van der Waals surface area contributed by atoms with E-state index in [-0.39, 0.29) is 0 Å². The van der Waals surface area contributed by atoms with Gasteiger partial charge in [0.2, 0.25) is 0 Å². The van der Waals surface area contributed by atoms with Gasteiger partial charge < -0.3 is 9.47 Å². The van der Waals surface area contributed by atoms with Crippen molar-refractivity contribution in [2.45, 2.75) is 20.3 Å². The predicted octanol–water partition coefficient (Wildman–Crippen LogP) is 3.96. The SMILES string of the molecule is COc1cc(C(=O)NNC(=O)c2ccccc2Br)ccc1OCCC(C)C. The second kappa shape index (κ2) is 9.97. The lowest BCUT2D eigenvalue weighted by Gasteiger charge is -2.13. The van der Waals surface area contributed by atoms with E-state index >= 15 is 0 Å². The van der Waals surface area contributed by atoms with Gasteiger partial charge in [0.25, 0.3) is 11.8 Å². The summed E-state index contributed by atoms with van der Waals surface area (Å²) in [5.41, 5.74) is 5.56. The van der Waals surface area contributed by atoms with Crippen LogP contribution >= 0.6 is 15.9 Å². The van der Waals surface area contributed by atoms with E-state index in [0.29, 0.717) is 39.6 Å². The molecule has 2 rings (SSSR count). The van der Waals surface area contributed by atoms with Crippen molar-refractivity contribution in [2.24, 2.45) is 5.92 Å². The molecule has 0 fully saturated rings. The molecular weight excluding hydrogens is 412 g/mol. The lowest BCUT2D eigenvalue weighted by Crippen LogP contribution is -2.41. The van der Waals surface area contributed by atoms with Gasteiger partial charge in [0, 0.05) is 10.0 Å². The van der Waals surface area contributed by atoms with Crippen molar-refractivity contribution < 1.29 is 19.1 Å². The number of hydrogen-bond acceptors (Lipinski definition) is 4. The highest BCUT2D eigenvalue weighted by molar-refractivity contribution is 9.10. The quantitative estimate of drug-likeness (QED) is 0.646. The van der Waals surface area contributed by atoms with Crippen LogP contribution in [0.5, 0.6) is 11.5 Å². The van der Waals surface area contributed by atoms with Crippen molar-refractivity contribution in [3.8, 4) is 11.5 Å². The van der Waals surface area contributed by atoms with Gasteiger partial charge in [-0.05, 0) is 58.6 Å². The molecule has 0 heterocycles. The molecule has 2 amide bonds. The van der Waals surface area contributed by atoms with Gasteiger partial charge in [-0.15, -0.1) is 0 Å². The highest BCUT2D eigenvalue weighted by Crippen LogP contribution is 2.28. The molecule has 0 aliphatic heterocycles. The summed E-state index contributed by atoms with van der Waals surface area (Å²) in [6.07, 6.45) is 0.923. The third-order valence-corrected chi connectivity index (χ3v) is 4.48. The fraction of sp³-hybridized carbons (Fsp3) is 0.300. The number of carbonyl (C=O) groups excluding carboxylic acids is 2. The molecule has 0 spiro atoms. The number of amides is 2. The van der Waals surface area contributed by atoms with E-state index in [2.05, 4.69) is 40.6 Å². The van der Waals surface area contributed by atoms with E-state index in [1.165, 1.54) is 7.11 Å². The average Bonchev–Trinajstić information content (AvgIpc) is 2.66. The molecule has 0 saturated heterocycles. The Kier molecular flexibility index (Phi) is 7.67. The molecule has 7 heteroatoms. The van der Waals surface area contributed by atoms with Crippen LogP contribution in [-0.4, -0.2) is 25.5 Å². The van der Waals surface area contributed by atoms with Crippen LogP contribution in [-0.2, 0) is 0 Å². The summed E-state index contributed by atoms with van der Waals surface area (Å²) in [7, 11) is 1.51. The third-order valence-electron chi connectivity index (χ3n) is 3.79. The summed E-state index contributed by atoms with van der Waals surface area (Å²) in [4.78, 5) is 24.5. The lowest BCUT2D eigenvalue weighted by atomic mass is 10.1. The molecule has 6 nitrogen and oxygen atoms in total. The number of ether oxygens (including phenoxy) is 2. The van der Waals surface area contributed by atoms with Gasteiger partial charge in [-0.3, -0.25) is 20.4 Å². The Morgan fingerprint density at radius 1 is 1.04 bits per heavy atom. The van der Waals surface area contributed by atoms with Gasteiger partial charge in [0.05, 0.1) is 19.3 Å². The molecule has 0 bridgehead atoms. The van der Waals surface area contributed by atoms with E-state index in [1.54, 1.807) is 42.5 Å². The summed E-state index contributed by atoms with van der Waals surface area (Å²) < 4.78 is 11.7. The third kappa shape index (κ3) is 5.99. The van der Waals surface area contributed by atoms with Gasteiger partial charge in [0.1, 0.15) is 0 Å². The van der Waals surface area contributed by atoms with Crippen molar-refractivity contribution >= 4 is 27.7 Å². The average molecular weight is 435 g/mol. The molecular formula is C20H23BrN2O4. The van der Waals surface area contributed by atoms with Crippen molar-refractivity contribution in [1.29, 1.82) is 0 Å². The minimum absolute atomic E-state index is 0.343. The van der Waals surface area contributed by atoms with Gasteiger partial charge >= 0.3 is 0 Å². The summed E-state index contributed by atoms with van der Waals surface area (Å²) in [5.74, 6) is 0.698. The van der Waals surface area contributed by atoms with Crippen LogP contribution in [0, 0.1) is 5.92 Å². The van der Waals surface area contributed by atoms with Gasteiger partial charge in [-0.2, -0.15) is 0 Å². The zero-order chi connectivity index (χ0) is 19.8. The molecule has 27 heavy (non-hydrogen) atoms. The van der Waals surface area contributed by atoms with Crippen molar-refractivity contribution in [3.05, 3.63) is 58.1 Å². The maximum Gasteiger partial charge on any atom is 0.270 e. The number of hydrogen-bond donors (Lipinski definition) is 2. The maximum absolute atomic E-state index is 12.3. The van der Waals surface area contributed by atoms with E-state index in [4.69, 9.17) is 9.47 Å². The summed E-state index contributed by atoms with van der Waals surface area (Å²) in [6, 6.07) is 11.8. The molecule has 0 aromatic heterocycles. The molecule has 2 aromatic rings. The Bertz CT molecular complexity index is 808. The maximum atomic E-state index is 12.3. The Morgan fingerprint density at radius 3 is 2.41 bits per heavy atom. The first-order valence-electron chi connectivity index (χ1n) is 8.58. The van der Waals surface area contributed by atoms with Crippen LogP contribution < -0.4 is 20.3 Å². The Morgan fingerprint density at radius 2 is 1.74 bits per heavy atom. The van der Waals surface area contributed by atoms with E-state index < -0.39 is 11.8 Å². The minimum atomic E-state index is -0.456. The van der Waals surface area contributed by atoms with Gasteiger partial charge in [0.15, 0.2) is 11.5 Å². The second-order valence-electron chi connectivity index (χ2n) is 6.28.